The summed E-state index contributed by atoms with van der Waals surface area (Å²) in [7, 11) is -4.25. The van der Waals surface area contributed by atoms with Crippen molar-refractivity contribution < 1.29 is 28.0 Å². The van der Waals surface area contributed by atoms with Crippen LogP contribution in [0.25, 0.3) is 0 Å². The van der Waals surface area contributed by atoms with Gasteiger partial charge in [0.15, 0.2) is 0 Å². The first-order valence-corrected chi connectivity index (χ1v) is 11.5. The van der Waals surface area contributed by atoms with Crippen LogP contribution < -0.4 is 5.30 Å². The van der Waals surface area contributed by atoms with Gasteiger partial charge in [0.1, 0.15) is 0 Å². The van der Waals surface area contributed by atoms with Crippen molar-refractivity contribution in [1.29, 1.82) is 0 Å². The predicted octanol–water partition coefficient (Wildman–Crippen LogP) is 3.97. The molecule has 0 spiro atoms. The van der Waals surface area contributed by atoms with Gasteiger partial charge in [0, 0.05) is 18.0 Å². The van der Waals surface area contributed by atoms with Crippen LogP contribution in [0.3, 0.4) is 0 Å². The van der Waals surface area contributed by atoms with Crippen LogP contribution >= 0.6 is 7.60 Å². The number of hydrogen-bond acceptors (Lipinski definition) is 7. The Labute approximate surface area is 177 Å². The highest BCUT2D eigenvalue weighted by molar-refractivity contribution is 7.63. The average Bonchev–Trinajstić information content (AvgIpc) is 2.68. The van der Waals surface area contributed by atoms with Crippen LogP contribution in [0.5, 0.6) is 0 Å². The van der Waals surface area contributed by atoms with Gasteiger partial charge in [0.2, 0.25) is 6.08 Å². The van der Waals surface area contributed by atoms with Crippen molar-refractivity contribution in [3.8, 4) is 0 Å². The molecule has 4 atom stereocenters. The fourth-order valence-electron chi connectivity index (χ4n) is 3.91. The van der Waals surface area contributed by atoms with Gasteiger partial charge in [0.25, 0.3) is 0 Å². The monoisotopic (exact) mass is 435 g/mol. The molecule has 1 aromatic rings. The van der Waals surface area contributed by atoms with Crippen molar-refractivity contribution in [1.82, 2.24) is 4.90 Å². The van der Waals surface area contributed by atoms with Gasteiger partial charge in [-0.15, -0.1) is 0 Å². The first-order chi connectivity index (χ1) is 14.1. The first-order valence-electron chi connectivity index (χ1n) is 9.94. The van der Waals surface area contributed by atoms with E-state index in [4.69, 9.17) is 4.52 Å². The third-order valence-corrected chi connectivity index (χ3v) is 7.47. The number of amides is 1. The summed E-state index contributed by atoms with van der Waals surface area (Å²) < 4.78 is 23.1. The van der Waals surface area contributed by atoms with Crippen LogP contribution in [0.4, 0.5) is 4.79 Å². The van der Waals surface area contributed by atoms with Gasteiger partial charge in [-0.25, -0.2) is 19.1 Å². The van der Waals surface area contributed by atoms with Crippen LogP contribution in [0.15, 0.2) is 35.3 Å². The second kappa shape index (κ2) is 10.1. The topological polar surface area (TPSA) is 102 Å². The van der Waals surface area contributed by atoms with E-state index in [-0.39, 0.29) is 29.7 Å². The Morgan fingerprint density at radius 1 is 1.37 bits per heavy atom. The van der Waals surface area contributed by atoms with Crippen molar-refractivity contribution in [2.24, 2.45) is 16.8 Å². The molecule has 0 bridgehead atoms. The third-order valence-electron chi connectivity index (χ3n) is 5.83. The Morgan fingerprint density at radius 2 is 2.03 bits per heavy atom. The highest BCUT2D eigenvalue weighted by Gasteiger charge is 2.41. The van der Waals surface area contributed by atoms with Crippen LogP contribution in [0.1, 0.15) is 47.0 Å². The summed E-state index contributed by atoms with van der Waals surface area (Å²) in [4.78, 5) is 40.2. The fourth-order valence-corrected chi connectivity index (χ4v) is 5.10. The molecule has 1 aromatic carbocycles. The molecule has 1 heterocycles. The van der Waals surface area contributed by atoms with E-state index in [2.05, 4.69) is 16.4 Å². The van der Waals surface area contributed by atoms with Gasteiger partial charge in [-0.2, -0.15) is 0 Å². The number of hydrogen-bond donors (Lipinski definition) is 0. The fraction of sp³-hybridized carbons (Fsp3) is 0.571. The highest BCUT2D eigenvalue weighted by Crippen LogP contribution is 2.47. The van der Waals surface area contributed by atoms with E-state index in [9.17, 15) is 18.9 Å². The zero-order valence-corrected chi connectivity index (χ0v) is 18.6. The van der Waals surface area contributed by atoms with E-state index in [0.29, 0.717) is 6.42 Å². The van der Waals surface area contributed by atoms with E-state index in [0.717, 1.165) is 19.3 Å². The van der Waals surface area contributed by atoms with Crippen molar-refractivity contribution in [2.75, 3.05) is 6.54 Å². The van der Waals surface area contributed by atoms with Gasteiger partial charge in [0.05, 0.1) is 11.3 Å². The lowest BCUT2D eigenvalue weighted by Gasteiger charge is -2.44. The van der Waals surface area contributed by atoms with Crippen molar-refractivity contribution in [3.05, 3.63) is 30.3 Å². The standard InChI is InChI=1S/C21H28N2O6P/c1-16-9-8-12-21(3,4)23(13-19(16)17(2)22-14-24)20(26)29-30(27,28-15-25)18-10-6-5-7-11-18/h5-7,10-11,16-17,19H,8-9,12-13H2,1-4H3/q-1. The van der Waals surface area contributed by atoms with E-state index in [1.807, 2.05) is 20.8 Å². The van der Waals surface area contributed by atoms with E-state index in [1.54, 1.807) is 24.3 Å². The van der Waals surface area contributed by atoms with E-state index >= 15 is 0 Å². The second-order valence-corrected chi connectivity index (χ2v) is 10.2. The number of carbonyl (C=O) groups excluding carboxylic acids is 3. The SMILES string of the molecule is CC1CCCC(C)(C)N(C(=O)OP(=O)(O[C-]=O)c2ccccc2)CC1C(C)N=C=O. The maximum Gasteiger partial charge on any atom is 0.434 e. The first kappa shape index (κ1) is 23.8. The summed E-state index contributed by atoms with van der Waals surface area (Å²) in [6, 6.07) is 7.46. The Hall–Kier alpha value is -2.43. The molecule has 30 heavy (non-hydrogen) atoms. The second-order valence-electron chi connectivity index (χ2n) is 8.28. The lowest BCUT2D eigenvalue weighted by molar-refractivity contribution is 0.0537. The van der Waals surface area contributed by atoms with Gasteiger partial charge in [-0.1, -0.05) is 44.4 Å². The summed E-state index contributed by atoms with van der Waals surface area (Å²) in [6.07, 6.45) is 3.24. The molecule has 2 rings (SSSR count). The molecule has 8 nitrogen and oxygen atoms in total. The molecule has 4 unspecified atom stereocenters. The number of isocyanates is 1. The Balaban J connectivity index is 2.37. The molecular weight excluding hydrogens is 407 g/mol. The smallest absolute Gasteiger partial charge is 0.434 e. The van der Waals surface area contributed by atoms with Crippen molar-refractivity contribution in [3.63, 3.8) is 0 Å². The maximum absolute atomic E-state index is 13.2. The Morgan fingerprint density at radius 3 is 2.63 bits per heavy atom. The van der Waals surface area contributed by atoms with Crippen LogP contribution in [0.2, 0.25) is 0 Å². The minimum Gasteiger partial charge on any atom is -0.583 e. The van der Waals surface area contributed by atoms with Crippen molar-refractivity contribution in [2.45, 2.75) is 58.5 Å². The number of carbonyl (C=O) groups is 1. The Kier molecular flexibility index (Phi) is 7.99. The summed E-state index contributed by atoms with van der Waals surface area (Å²) in [6.45, 7) is 9.05. The van der Waals surface area contributed by atoms with E-state index < -0.39 is 19.2 Å². The molecule has 0 saturated carbocycles. The van der Waals surface area contributed by atoms with Gasteiger partial charge >= 0.3 is 13.7 Å². The molecule has 1 fully saturated rings. The number of benzene rings is 1. The zero-order chi connectivity index (χ0) is 22.4. The number of rotatable bonds is 6. The lowest BCUT2D eigenvalue weighted by atomic mass is 9.79. The molecule has 0 N–H and O–H groups in total. The molecule has 1 saturated heterocycles. The number of aliphatic imine (C=N–C) groups is 1. The third kappa shape index (κ3) is 5.59. The highest BCUT2D eigenvalue weighted by atomic mass is 31.2. The summed E-state index contributed by atoms with van der Waals surface area (Å²) in [5, 5.41) is 0.0791. The molecule has 0 radical (unpaired) electrons. The van der Waals surface area contributed by atoms with Crippen LogP contribution in [0, 0.1) is 11.8 Å². The number of nitrogens with zero attached hydrogens (tertiary/aromatic N) is 2. The minimum absolute atomic E-state index is 0.0791. The molecule has 9 heteroatoms. The molecule has 1 aliphatic heterocycles. The molecule has 1 amide bonds. The quantitative estimate of drug-likeness (QED) is 0.290. The largest absolute Gasteiger partial charge is 0.583 e. The zero-order valence-electron chi connectivity index (χ0n) is 17.7. The Bertz CT molecular complexity index is 837. The molecule has 0 aliphatic carbocycles. The number of likely N-dealkylation sites (tertiary alicyclic amines) is 1. The summed E-state index contributed by atoms with van der Waals surface area (Å²) >= 11 is 0. The van der Waals surface area contributed by atoms with Gasteiger partial charge < -0.3 is 18.7 Å². The van der Waals surface area contributed by atoms with Gasteiger partial charge in [-0.3, -0.25) is 0 Å². The average molecular weight is 435 g/mol. The maximum atomic E-state index is 13.2. The normalized spacial score (nSPS) is 24.2. The molecule has 1 aliphatic rings. The summed E-state index contributed by atoms with van der Waals surface area (Å²) in [5.41, 5.74) is -0.605. The molecule has 164 valence electrons. The summed E-state index contributed by atoms with van der Waals surface area (Å²) in [5.74, 6) is 0.0808. The van der Waals surface area contributed by atoms with Crippen molar-refractivity contribution >= 4 is 31.5 Å². The molecular formula is C21H28N2O6P-. The van der Waals surface area contributed by atoms with E-state index in [1.165, 1.54) is 17.0 Å². The van der Waals surface area contributed by atoms with Crippen LogP contribution in [-0.4, -0.2) is 41.7 Å². The minimum atomic E-state index is -4.25. The molecule has 0 aromatic heterocycles. The predicted molar refractivity (Wildman–Crippen MR) is 112 cm³/mol. The lowest BCUT2D eigenvalue weighted by Crippen LogP contribution is -2.53. The van der Waals surface area contributed by atoms with Crippen LogP contribution in [-0.2, 0) is 23.2 Å². The van der Waals surface area contributed by atoms with Gasteiger partial charge in [-0.05, 0) is 45.2 Å².